The lowest BCUT2D eigenvalue weighted by Gasteiger charge is -2.27. The van der Waals surface area contributed by atoms with Gasteiger partial charge in [0.15, 0.2) is 5.16 Å². The second kappa shape index (κ2) is 9.22. The average Bonchev–Trinajstić information content (AvgIpc) is 3.16. The Morgan fingerprint density at radius 1 is 1.19 bits per heavy atom. The number of H-pyrrole nitrogens is 1. The number of rotatable bonds is 6. The fourth-order valence-corrected chi connectivity index (χ4v) is 5.98. The van der Waals surface area contributed by atoms with Crippen LogP contribution in [0.5, 0.6) is 0 Å². The first-order chi connectivity index (χ1) is 15.2. The van der Waals surface area contributed by atoms with Crippen molar-refractivity contribution in [2.24, 2.45) is 0 Å². The summed E-state index contributed by atoms with van der Waals surface area (Å²) in [5, 5.41) is 3.07. The van der Waals surface area contributed by atoms with Crippen molar-refractivity contribution in [1.29, 1.82) is 0 Å². The van der Waals surface area contributed by atoms with Gasteiger partial charge in [-0.15, -0.1) is 0 Å². The number of thioether (sulfide) groups is 1. The van der Waals surface area contributed by atoms with Gasteiger partial charge < -0.3 is 15.0 Å². The summed E-state index contributed by atoms with van der Waals surface area (Å²) >= 11 is 1.32. The lowest BCUT2D eigenvalue weighted by Crippen LogP contribution is -2.40. The first-order valence-corrected chi connectivity index (χ1v) is 12.7. The molecule has 170 valence electrons. The zero-order valence-electron chi connectivity index (χ0n) is 18.2. The van der Waals surface area contributed by atoms with E-state index in [1.807, 2.05) is 25.1 Å². The molecule has 2 N–H and O–H groups in total. The molecule has 1 fully saturated rings. The minimum atomic E-state index is -3.66. The lowest BCUT2D eigenvalue weighted by molar-refractivity contribution is -0.115. The number of hydrogen-bond acceptors (Lipinski definition) is 6. The van der Waals surface area contributed by atoms with E-state index in [2.05, 4.69) is 15.3 Å². The van der Waals surface area contributed by atoms with E-state index in [-0.39, 0.29) is 10.8 Å². The van der Waals surface area contributed by atoms with Crippen molar-refractivity contribution < 1.29 is 17.9 Å². The number of carbonyl (C=O) groups is 1. The van der Waals surface area contributed by atoms with Crippen LogP contribution in [0.3, 0.4) is 0 Å². The monoisotopic (exact) mass is 474 g/mol. The van der Waals surface area contributed by atoms with Crippen LogP contribution in [0.4, 0.5) is 5.69 Å². The quantitative estimate of drug-likeness (QED) is 0.531. The molecule has 1 atom stereocenters. The first-order valence-electron chi connectivity index (χ1n) is 10.4. The van der Waals surface area contributed by atoms with E-state index in [1.54, 1.807) is 26.0 Å². The smallest absolute Gasteiger partial charge is 0.243 e. The summed E-state index contributed by atoms with van der Waals surface area (Å²) in [7, 11) is -3.66. The van der Waals surface area contributed by atoms with Gasteiger partial charge >= 0.3 is 0 Å². The summed E-state index contributed by atoms with van der Waals surface area (Å²) in [5.41, 5.74) is 3.99. The van der Waals surface area contributed by atoms with Crippen LogP contribution >= 0.6 is 11.8 Å². The van der Waals surface area contributed by atoms with Crippen LogP contribution < -0.4 is 5.32 Å². The molecular formula is C22H26N4O4S2. The molecule has 1 aliphatic rings. The Morgan fingerprint density at radius 2 is 1.94 bits per heavy atom. The summed E-state index contributed by atoms with van der Waals surface area (Å²) in [6, 6.07) is 10.9. The van der Waals surface area contributed by atoms with Crippen molar-refractivity contribution in [3.63, 3.8) is 0 Å². The number of ether oxygens (including phenoxy) is 1. The highest BCUT2D eigenvalue weighted by Gasteiger charge is 2.28. The number of carbonyl (C=O) groups excluding carboxylic acids is 1. The maximum Gasteiger partial charge on any atom is 0.243 e. The zero-order chi connectivity index (χ0) is 22.9. The van der Waals surface area contributed by atoms with Gasteiger partial charge in [0.05, 0.1) is 34.4 Å². The fourth-order valence-electron chi connectivity index (χ4n) is 3.50. The van der Waals surface area contributed by atoms with Crippen LogP contribution in [0.2, 0.25) is 0 Å². The number of benzene rings is 2. The summed E-state index contributed by atoms with van der Waals surface area (Å²) in [4.78, 5) is 20.7. The number of nitrogens with one attached hydrogen (secondary N) is 2. The maximum atomic E-state index is 13.1. The summed E-state index contributed by atoms with van der Waals surface area (Å²) in [5.74, 6) is -0.231. The molecule has 0 aliphatic carbocycles. The van der Waals surface area contributed by atoms with Crippen molar-refractivity contribution in [2.45, 2.75) is 36.1 Å². The second-order valence-electron chi connectivity index (χ2n) is 7.81. The molecule has 0 spiro atoms. The van der Waals surface area contributed by atoms with Crippen LogP contribution in [0.15, 0.2) is 46.5 Å². The Hall–Kier alpha value is -2.40. The Balaban J connectivity index is 1.48. The molecule has 3 aromatic rings. The number of imidazole rings is 1. The summed E-state index contributed by atoms with van der Waals surface area (Å²) < 4.78 is 32.8. The summed E-state index contributed by atoms with van der Waals surface area (Å²) in [6.07, 6.45) is 0. The molecule has 2 aromatic carbocycles. The fraction of sp³-hybridized carbons (Fsp3) is 0.364. The van der Waals surface area contributed by atoms with E-state index in [4.69, 9.17) is 4.74 Å². The largest absolute Gasteiger partial charge is 0.379 e. The Kier molecular flexibility index (Phi) is 6.57. The van der Waals surface area contributed by atoms with Gasteiger partial charge in [0.25, 0.3) is 0 Å². The molecule has 32 heavy (non-hydrogen) atoms. The number of amides is 1. The number of aromatic nitrogens is 2. The topological polar surface area (TPSA) is 104 Å². The molecule has 0 saturated carbocycles. The molecule has 4 rings (SSSR count). The van der Waals surface area contributed by atoms with Crippen LogP contribution in [0, 0.1) is 13.8 Å². The predicted molar refractivity (Wildman–Crippen MR) is 126 cm³/mol. The van der Waals surface area contributed by atoms with Crippen molar-refractivity contribution in [1.82, 2.24) is 14.3 Å². The highest BCUT2D eigenvalue weighted by Crippen LogP contribution is 2.27. The van der Waals surface area contributed by atoms with Crippen LogP contribution in [-0.4, -0.2) is 60.2 Å². The molecule has 1 aromatic heterocycles. The zero-order valence-corrected chi connectivity index (χ0v) is 19.8. The van der Waals surface area contributed by atoms with Crippen LogP contribution in [0.25, 0.3) is 11.0 Å². The third-order valence-corrected chi connectivity index (χ3v) is 8.34. The van der Waals surface area contributed by atoms with Gasteiger partial charge in [-0.05, 0) is 56.2 Å². The third kappa shape index (κ3) is 4.83. The van der Waals surface area contributed by atoms with Crippen molar-refractivity contribution in [2.75, 3.05) is 31.6 Å². The third-order valence-electron chi connectivity index (χ3n) is 5.32. The molecule has 10 heteroatoms. The number of hydrogen-bond donors (Lipinski definition) is 2. The molecule has 1 unspecified atom stereocenters. The molecule has 8 nitrogen and oxygen atoms in total. The van der Waals surface area contributed by atoms with Crippen molar-refractivity contribution >= 4 is 44.4 Å². The van der Waals surface area contributed by atoms with E-state index in [0.717, 1.165) is 16.6 Å². The number of morpholine rings is 1. The van der Waals surface area contributed by atoms with Gasteiger partial charge in [-0.3, -0.25) is 4.79 Å². The number of aryl methyl sites for hydroxylation is 2. The van der Waals surface area contributed by atoms with Gasteiger partial charge in [-0.2, -0.15) is 4.31 Å². The molecule has 1 amide bonds. The molecule has 0 radical (unpaired) electrons. The van der Waals surface area contributed by atoms with Crippen molar-refractivity contribution in [3.8, 4) is 0 Å². The van der Waals surface area contributed by atoms with E-state index in [0.29, 0.717) is 42.7 Å². The highest BCUT2D eigenvalue weighted by atomic mass is 32.2. The number of anilines is 1. The van der Waals surface area contributed by atoms with Gasteiger partial charge in [-0.1, -0.05) is 23.9 Å². The number of fused-ring (bicyclic) bond motifs is 1. The van der Waals surface area contributed by atoms with E-state index >= 15 is 0 Å². The minimum Gasteiger partial charge on any atom is -0.379 e. The first kappa shape index (κ1) is 22.8. The molecule has 1 saturated heterocycles. The Morgan fingerprint density at radius 3 is 2.69 bits per heavy atom. The minimum absolute atomic E-state index is 0.199. The average molecular weight is 475 g/mol. The highest BCUT2D eigenvalue weighted by molar-refractivity contribution is 8.00. The normalized spacial score (nSPS) is 16.2. The van der Waals surface area contributed by atoms with Crippen molar-refractivity contribution in [3.05, 3.63) is 47.5 Å². The molecule has 2 heterocycles. The van der Waals surface area contributed by atoms with E-state index in [1.165, 1.54) is 22.1 Å². The van der Waals surface area contributed by atoms with Gasteiger partial charge in [-0.25, -0.2) is 13.4 Å². The Labute approximate surface area is 191 Å². The maximum absolute atomic E-state index is 13.1. The number of nitrogens with zero attached hydrogens (tertiary/aromatic N) is 2. The Bertz CT molecular complexity index is 1250. The molecule has 0 bridgehead atoms. The van der Waals surface area contributed by atoms with Gasteiger partial charge in [0.2, 0.25) is 15.9 Å². The van der Waals surface area contributed by atoms with Gasteiger partial charge in [0.1, 0.15) is 0 Å². The van der Waals surface area contributed by atoms with Gasteiger partial charge in [0, 0.05) is 18.8 Å². The number of sulfonamides is 1. The van der Waals surface area contributed by atoms with E-state index in [9.17, 15) is 13.2 Å². The molecule has 1 aliphatic heterocycles. The van der Waals surface area contributed by atoms with E-state index < -0.39 is 15.3 Å². The number of aromatic amines is 1. The standard InChI is InChI=1S/C22H26N4O4S2/c1-14-4-7-18-19(12-14)25-22(24-18)31-16(3)21(27)23-17-6-5-15(2)20(13-17)32(28,29)26-8-10-30-11-9-26/h4-7,12-13,16H,8-11H2,1-3H3,(H,23,27)(H,24,25). The lowest BCUT2D eigenvalue weighted by atomic mass is 10.2. The molecular weight excluding hydrogens is 448 g/mol. The van der Waals surface area contributed by atoms with Crippen LogP contribution in [-0.2, 0) is 19.6 Å². The summed E-state index contributed by atoms with van der Waals surface area (Å²) in [6.45, 7) is 6.96. The van der Waals surface area contributed by atoms with Crippen LogP contribution in [0.1, 0.15) is 18.1 Å². The predicted octanol–water partition coefficient (Wildman–Crippen LogP) is 3.32. The SMILES string of the molecule is Cc1ccc2nc(SC(C)C(=O)Nc3ccc(C)c(S(=O)(=O)N4CCOCC4)c3)[nH]c2c1. The second-order valence-corrected chi connectivity index (χ2v) is 11.0.